The molecule has 1 aliphatic rings. The Labute approximate surface area is 166 Å². The van der Waals surface area contributed by atoms with Crippen molar-refractivity contribution in [2.45, 2.75) is 26.5 Å². The number of aromatic carboxylic acids is 1. The summed E-state index contributed by atoms with van der Waals surface area (Å²) in [6.45, 7) is 4.59. The molecule has 0 unspecified atom stereocenters. The molecule has 10 nitrogen and oxygen atoms in total. The van der Waals surface area contributed by atoms with E-state index in [1.165, 1.54) is 9.58 Å². The van der Waals surface area contributed by atoms with Crippen molar-refractivity contribution in [3.8, 4) is 5.75 Å². The van der Waals surface area contributed by atoms with Crippen LogP contribution in [-0.4, -0.2) is 62.6 Å². The summed E-state index contributed by atoms with van der Waals surface area (Å²) in [5.41, 5.74) is -1.34. The van der Waals surface area contributed by atoms with Crippen LogP contribution >= 0.6 is 0 Å². The minimum atomic E-state index is -1.49. The first-order valence-electron chi connectivity index (χ1n) is 9.07. The first kappa shape index (κ1) is 20.3. The monoisotopic (exact) mass is 402 g/mol. The highest BCUT2D eigenvalue weighted by Gasteiger charge is 2.34. The number of fused-ring (bicyclic) bond motifs is 1. The van der Waals surface area contributed by atoms with E-state index in [0.29, 0.717) is 5.69 Å². The standard InChI is InChI=1S/C19H22N4O6/c1-12(2)29-8-7-21-11-22(9-13-5-3-4-6-20-13)23-10-14(19(27)28)16(24)17(25)15(23)18(21)26/h3-6,10,12,25H,7-9,11H2,1-2H3,(H,27,28). The summed E-state index contributed by atoms with van der Waals surface area (Å²) in [4.78, 5) is 42.2. The van der Waals surface area contributed by atoms with Crippen molar-refractivity contribution in [2.24, 2.45) is 0 Å². The Bertz CT molecular complexity index is 973. The van der Waals surface area contributed by atoms with E-state index in [2.05, 4.69) is 4.98 Å². The fourth-order valence-electron chi connectivity index (χ4n) is 3.02. The van der Waals surface area contributed by atoms with Crippen molar-refractivity contribution in [2.75, 3.05) is 24.8 Å². The van der Waals surface area contributed by atoms with E-state index in [1.54, 1.807) is 29.4 Å². The van der Waals surface area contributed by atoms with Gasteiger partial charge in [0.25, 0.3) is 5.91 Å². The van der Waals surface area contributed by atoms with Crippen LogP contribution in [-0.2, 0) is 11.3 Å². The maximum atomic E-state index is 12.9. The second kappa shape index (κ2) is 8.31. The van der Waals surface area contributed by atoms with Gasteiger partial charge >= 0.3 is 5.97 Å². The highest BCUT2D eigenvalue weighted by Crippen LogP contribution is 2.22. The summed E-state index contributed by atoms with van der Waals surface area (Å²) in [7, 11) is 0. The van der Waals surface area contributed by atoms with E-state index in [-0.39, 0.29) is 38.2 Å². The fourth-order valence-corrected chi connectivity index (χ4v) is 3.02. The Morgan fingerprint density at radius 3 is 2.69 bits per heavy atom. The number of carboxylic acids is 1. The van der Waals surface area contributed by atoms with Crippen molar-refractivity contribution in [3.63, 3.8) is 0 Å². The maximum absolute atomic E-state index is 12.9. The SMILES string of the molecule is CC(C)OCCN1CN(Cc2ccccn2)n2cc(C(=O)O)c(=O)c(O)c2C1=O. The molecule has 10 heteroatoms. The first-order chi connectivity index (χ1) is 13.8. The molecule has 0 atom stereocenters. The molecule has 29 heavy (non-hydrogen) atoms. The number of rotatable bonds is 7. The van der Waals surface area contributed by atoms with Crippen LogP contribution in [0.5, 0.6) is 5.75 Å². The molecule has 0 saturated heterocycles. The van der Waals surface area contributed by atoms with Crippen molar-refractivity contribution in [1.82, 2.24) is 14.6 Å². The topological polar surface area (TPSA) is 125 Å². The number of pyridine rings is 2. The molecule has 154 valence electrons. The molecule has 3 heterocycles. The zero-order valence-corrected chi connectivity index (χ0v) is 16.1. The molecule has 0 fully saturated rings. The number of nitrogens with zero attached hydrogens (tertiary/aromatic N) is 4. The van der Waals surface area contributed by atoms with Crippen LogP contribution in [0, 0.1) is 0 Å². The van der Waals surface area contributed by atoms with Gasteiger partial charge in [-0.1, -0.05) is 6.07 Å². The third-order valence-electron chi connectivity index (χ3n) is 4.41. The van der Waals surface area contributed by atoms with Crippen LogP contribution < -0.4 is 10.4 Å². The van der Waals surface area contributed by atoms with Gasteiger partial charge in [-0.25, -0.2) is 4.79 Å². The Balaban J connectivity index is 2.03. The number of carboxylic acid groups (broad SMARTS) is 1. The number of ether oxygens (including phenoxy) is 1. The van der Waals surface area contributed by atoms with E-state index < -0.39 is 28.6 Å². The number of carbonyl (C=O) groups excluding carboxylic acids is 1. The van der Waals surface area contributed by atoms with Crippen LogP contribution in [0.3, 0.4) is 0 Å². The number of hydrogen-bond acceptors (Lipinski definition) is 7. The Kier molecular flexibility index (Phi) is 5.83. The Morgan fingerprint density at radius 2 is 2.07 bits per heavy atom. The molecule has 2 N–H and O–H groups in total. The van der Waals surface area contributed by atoms with Crippen molar-refractivity contribution < 1.29 is 24.5 Å². The van der Waals surface area contributed by atoms with Gasteiger partial charge in [0.2, 0.25) is 5.43 Å². The predicted molar refractivity (Wildman–Crippen MR) is 102 cm³/mol. The third kappa shape index (κ3) is 4.21. The van der Waals surface area contributed by atoms with Gasteiger partial charge in [-0.2, -0.15) is 0 Å². The molecular weight excluding hydrogens is 380 g/mol. The summed E-state index contributed by atoms with van der Waals surface area (Å²) in [6, 6.07) is 5.35. The summed E-state index contributed by atoms with van der Waals surface area (Å²) >= 11 is 0. The molecule has 0 spiro atoms. The summed E-state index contributed by atoms with van der Waals surface area (Å²) in [5, 5.41) is 21.3. The molecule has 0 saturated carbocycles. The van der Waals surface area contributed by atoms with Gasteiger partial charge in [-0.3, -0.25) is 24.3 Å². The highest BCUT2D eigenvalue weighted by atomic mass is 16.5. The molecule has 0 aromatic carbocycles. The van der Waals surface area contributed by atoms with E-state index >= 15 is 0 Å². The molecule has 1 aliphatic heterocycles. The summed E-state index contributed by atoms with van der Waals surface area (Å²) in [5.74, 6) is -2.96. The van der Waals surface area contributed by atoms with Crippen LogP contribution in [0.1, 0.15) is 40.4 Å². The Hall–Kier alpha value is -3.40. The smallest absolute Gasteiger partial charge is 0.341 e. The van der Waals surface area contributed by atoms with Crippen molar-refractivity contribution >= 4 is 11.9 Å². The second-order valence-electron chi connectivity index (χ2n) is 6.83. The van der Waals surface area contributed by atoms with E-state index in [0.717, 1.165) is 6.20 Å². The third-order valence-corrected chi connectivity index (χ3v) is 4.41. The molecule has 3 rings (SSSR count). The largest absolute Gasteiger partial charge is 0.502 e. The number of amides is 1. The van der Waals surface area contributed by atoms with Gasteiger partial charge in [-0.05, 0) is 26.0 Å². The zero-order chi connectivity index (χ0) is 21.1. The molecule has 0 bridgehead atoms. The minimum absolute atomic E-state index is 0.0130. The number of aromatic hydroxyl groups is 1. The van der Waals surface area contributed by atoms with Crippen LogP contribution in [0.15, 0.2) is 35.4 Å². The molecule has 2 aromatic heterocycles. The zero-order valence-electron chi connectivity index (χ0n) is 16.1. The molecule has 0 radical (unpaired) electrons. The van der Waals surface area contributed by atoms with Crippen LogP contribution in [0.25, 0.3) is 0 Å². The lowest BCUT2D eigenvalue weighted by Crippen LogP contribution is -2.54. The normalized spacial score (nSPS) is 13.7. The highest BCUT2D eigenvalue weighted by molar-refractivity contribution is 5.97. The van der Waals surface area contributed by atoms with Gasteiger partial charge in [0.05, 0.1) is 24.9 Å². The molecular formula is C19H22N4O6. The van der Waals surface area contributed by atoms with Crippen LogP contribution in [0.2, 0.25) is 0 Å². The second-order valence-corrected chi connectivity index (χ2v) is 6.83. The van der Waals surface area contributed by atoms with Gasteiger partial charge in [0.1, 0.15) is 12.2 Å². The van der Waals surface area contributed by atoms with Crippen LogP contribution in [0.4, 0.5) is 0 Å². The van der Waals surface area contributed by atoms with Gasteiger partial charge in [0.15, 0.2) is 11.4 Å². The minimum Gasteiger partial charge on any atom is -0.502 e. The molecule has 0 aliphatic carbocycles. The average molecular weight is 402 g/mol. The quantitative estimate of drug-likeness (QED) is 0.691. The lowest BCUT2D eigenvalue weighted by atomic mass is 10.2. The number of hydrogen-bond donors (Lipinski definition) is 2. The van der Waals surface area contributed by atoms with Gasteiger partial charge < -0.3 is 19.8 Å². The summed E-state index contributed by atoms with van der Waals surface area (Å²) < 4.78 is 6.72. The Morgan fingerprint density at radius 1 is 1.31 bits per heavy atom. The lowest BCUT2D eigenvalue weighted by Gasteiger charge is -2.39. The first-order valence-corrected chi connectivity index (χ1v) is 9.07. The molecule has 1 amide bonds. The van der Waals surface area contributed by atoms with E-state index in [1.807, 2.05) is 13.8 Å². The van der Waals surface area contributed by atoms with E-state index in [4.69, 9.17) is 4.74 Å². The number of aromatic nitrogens is 2. The van der Waals surface area contributed by atoms with Gasteiger partial charge in [0, 0.05) is 18.9 Å². The fraction of sp³-hybridized carbons (Fsp3) is 0.368. The average Bonchev–Trinajstić information content (AvgIpc) is 2.67. The summed E-state index contributed by atoms with van der Waals surface area (Å²) in [6.07, 6.45) is 2.66. The lowest BCUT2D eigenvalue weighted by molar-refractivity contribution is 0.0426. The maximum Gasteiger partial charge on any atom is 0.341 e. The predicted octanol–water partition coefficient (Wildman–Crippen LogP) is 0.624. The van der Waals surface area contributed by atoms with Crippen molar-refractivity contribution in [3.05, 3.63) is 57.8 Å². The van der Waals surface area contributed by atoms with Crippen molar-refractivity contribution in [1.29, 1.82) is 0 Å². The number of carbonyl (C=O) groups is 2. The molecule has 2 aromatic rings. The van der Waals surface area contributed by atoms with E-state index in [9.17, 15) is 24.6 Å². The van der Waals surface area contributed by atoms with Gasteiger partial charge in [-0.15, -0.1) is 0 Å².